The normalized spacial score (nSPS) is 15.6. The van der Waals surface area contributed by atoms with Crippen molar-refractivity contribution in [2.75, 3.05) is 23.1 Å². The first kappa shape index (κ1) is 20.5. The van der Waals surface area contributed by atoms with Crippen molar-refractivity contribution in [3.8, 4) is 5.75 Å². The number of carboxylic acid groups (broad SMARTS) is 1. The Morgan fingerprint density at radius 1 is 1.31 bits per heavy atom. The van der Waals surface area contributed by atoms with E-state index in [9.17, 15) is 19.8 Å². The second kappa shape index (κ2) is 7.08. The lowest BCUT2D eigenvalue weighted by atomic mass is 9.95. The Morgan fingerprint density at radius 2 is 2.06 bits per heavy atom. The number of aromatic amines is 1. The van der Waals surface area contributed by atoms with Gasteiger partial charge in [-0.15, -0.1) is 11.6 Å². The molecule has 0 fully saturated rings. The highest BCUT2D eigenvalue weighted by Crippen LogP contribution is 2.47. The summed E-state index contributed by atoms with van der Waals surface area (Å²) in [6, 6.07) is 6.17. The number of nitrogens with one attached hydrogen (secondary N) is 1. The number of nitrogens with zero attached hydrogens (tertiary/aromatic N) is 1. The van der Waals surface area contributed by atoms with E-state index in [2.05, 4.69) is 4.98 Å². The molecule has 1 aliphatic rings. The number of furan rings is 1. The Morgan fingerprint density at radius 3 is 2.75 bits per heavy atom. The molecule has 4 aromatic rings. The van der Waals surface area contributed by atoms with Gasteiger partial charge >= 0.3 is 5.97 Å². The molecule has 3 heterocycles. The number of hydrogen-bond acceptors (Lipinski definition) is 5. The number of benzene rings is 2. The van der Waals surface area contributed by atoms with Gasteiger partial charge in [-0.3, -0.25) is 4.79 Å². The number of aromatic carboxylic acids is 1. The average Bonchev–Trinajstić information content (AvgIpc) is 3.40. The SMILES string of the molecule is Cc1[nH]c2c(O)cc3c(c2c1C(=O)O)[C@H](CCl)CN3C(=O)c1cc2cc(Cl)cc(N)c2o1. The summed E-state index contributed by atoms with van der Waals surface area (Å²) in [5, 5.41) is 21.7. The Bertz CT molecular complexity index is 1460. The van der Waals surface area contributed by atoms with Gasteiger partial charge < -0.3 is 30.2 Å². The number of anilines is 2. The molecule has 0 saturated heterocycles. The molecule has 5 rings (SSSR count). The van der Waals surface area contributed by atoms with Crippen LogP contribution in [0.15, 0.2) is 28.7 Å². The molecule has 8 nitrogen and oxygen atoms in total. The van der Waals surface area contributed by atoms with Crippen molar-refractivity contribution in [3.63, 3.8) is 0 Å². The third kappa shape index (κ3) is 2.83. The van der Waals surface area contributed by atoms with Crippen LogP contribution >= 0.6 is 23.2 Å². The van der Waals surface area contributed by atoms with Crippen LogP contribution in [0.5, 0.6) is 5.75 Å². The van der Waals surface area contributed by atoms with E-state index in [0.29, 0.717) is 49.5 Å². The molecule has 10 heteroatoms. The quantitative estimate of drug-likeness (QED) is 0.248. The van der Waals surface area contributed by atoms with E-state index in [1.807, 2.05) is 0 Å². The van der Waals surface area contributed by atoms with E-state index in [1.165, 1.54) is 17.0 Å². The van der Waals surface area contributed by atoms with Gasteiger partial charge in [0.25, 0.3) is 5.91 Å². The van der Waals surface area contributed by atoms with Crippen LogP contribution in [0.3, 0.4) is 0 Å². The highest BCUT2D eigenvalue weighted by molar-refractivity contribution is 6.32. The average molecular weight is 474 g/mol. The molecule has 1 amide bonds. The van der Waals surface area contributed by atoms with Crippen molar-refractivity contribution in [3.05, 3.63) is 51.9 Å². The number of nitrogens with two attached hydrogens (primary N) is 1. The van der Waals surface area contributed by atoms with Crippen LogP contribution in [0.2, 0.25) is 5.02 Å². The minimum atomic E-state index is -1.13. The number of halogens is 2. The van der Waals surface area contributed by atoms with Gasteiger partial charge in [0, 0.05) is 45.9 Å². The maximum absolute atomic E-state index is 13.4. The number of carbonyl (C=O) groups excluding carboxylic acids is 1. The third-order valence-corrected chi connectivity index (χ3v) is 6.42. The first-order valence-electron chi connectivity index (χ1n) is 9.69. The van der Waals surface area contributed by atoms with Gasteiger partial charge in [-0.2, -0.15) is 0 Å². The molecule has 0 aliphatic carbocycles. The molecule has 32 heavy (non-hydrogen) atoms. The van der Waals surface area contributed by atoms with Crippen LogP contribution in [0, 0.1) is 6.92 Å². The van der Waals surface area contributed by atoms with Gasteiger partial charge in [0.15, 0.2) is 11.3 Å². The van der Waals surface area contributed by atoms with Crippen LogP contribution in [0.4, 0.5) is 11.4 Å². The van der Waals surface area contributed by atoms with Crippen molar-refractivity contribution in [1.82, 2.24) is 4.98 Å². The summed E-state index contributed by atoms with van der Waals surface area (Å²) >= 11 is 12.3. The van der Waals surface area contributed by atoms with E-state index >= 15 is 0 Å². The van der Waals surface area contributed by atoms with Crippen molar-refractivity contribution in [2.45, 2.75) is 12.8 Å². The number of H-pyrrole nitrogens is 1. The van der Waals surface area contributed by atoms with Crippen molar-refractivity contribution >= 4 is 68.3 Å². The number of phenols is 1. The molecule has 2 aromatic carbocycles. The number of hydrogen-bond donors (Lipinski definition) is 4. The number of aromatic hydroxyl groups is 1. The van der Waals surface area contributed by atoms with Gasteiger partial charge in [-0.1, -0.05) is 11.6 Å². The topological polar surface area (TPSA) is 133 Å². The number of nitrogen functional groups attached to an aromatic ring is 1. The summed E-state index contributed by atoms with van der Waals surface area (Å²) < 4.78 is 5.73. The Hall–Kier alpha value is -3.36. The van der Waals surface area contributed by atoms with Crippen LogP contribution in [0.1, 0.15) is 38.1 Å². The zero-order chi connectivity index (χ0) is 22.9. The van der Waals surface area contributed by atoms with Crippen LogP contribution in [-0.2, 0) is 0 Å². The van der Waals surface area contributed by atoms with Crippen molar-refractivity contribution in [2.24, 2.45) is 0 Å². The summed E-state index contributed by atoms with van der Waals surface area (Å²) in [6.45, 7) is 1.82. The highest BCUT2D eigenvalue weighted by atomic mass is 35.5. The highest BCUT2D eigenvalue weighted by Gasteiger charge is 2.38. The molecule has 0 saturated carbocycles. The third-order valence-electron chi connectivity index (χ3n) is 5.83. The zero-order valence-corrected chi connectivity index (χ0v) is 18.2. The first-order valence-corrected chi connectivity index (χ1v) is 10.6. The number of aromatic nitrogens is 1. The van der Waals surface area contributed by atoms with Gasteiger partial charge in [0.2, 0.25) is 0 Å². The monoisotopic (exact) mass is 473 g/mol. The molecule has 2 aromatic heterocycles. The zero-order valence-electron chi connectivity index (χ0n) is 16.7. The number of fused-ring (bicyclic) bond motifs is 4. The predicted molar refractivity (Wildman–Crippen MR) is 122 cm³/mol. The standard InChI is InChI=1S/C22H17Cl2N3O5/c1-8-16(22(30)31)18-17-10(6-23)7-27(13(17)5-14(28)19(18)26-8)21(29)15-3-9-2-11(24)4-12(25)20(9)32-15/h2-5,10,26,28H,6-7,25H2,1H3,(H,30,31)/t10-/m1/s1. The second-order valence-electron chi connectivity index (χ2n) is 7.80. The van der Waals surface area contributed by atoms with E-state index in [1.54, 1.807) is 19.1 Å². The summed E-state index contributed by atoms with van der Waals surface area (Å²) in [6.07, 6.45) is 0. The molecule has 5 N–H and O–H groups in total. The van der Waals surface area contributed by atoms with Crippen LogP contribution in [0.25, 0.3) is 21.9 Å². The maximum atomic E-state index is 13.4. The number of rotatable bonds is 3. The number of carboxylic acids is 1. The lowest BCUT2D eigenvalue weighted by molar-refractivity contribution is 0.0698. The number of carbonyl (C=O) groups is 2. The molecule has 164 valence electrons. The molecule has 1 aliphatic heterocycles. The molecular formula is C22H17Cl2N3O5. The predicted octanol–water partition coefficient (Wildman–Crippen LogP) is 4.84. The Kier molecular flexibility index (Phi) is 4.54. The van der Waals surface area contributed by atoms with E-state index < -0.39 is 11.9 Å². The van der Waals surface area contributed by atoms with E-state index in [-0.39, 0.29) is 35.4 Å². The number of amides is 1. The maximum Gasteiger partial charge on any atom is 0.338 e. The molecule has 0 unspecified atom stereocenters. The smallest absolute Gasteiger partial charge is 0.338 e. The summed E-state index contributed by atoms with van der Waals surface area (Å²) in [5.41, 5.74) is 8.35. The van der Waals surface area contributed by atoms with E-state index in [0.717, 1.165) is 0 Å². The van der Waals surface area contributed by atoms with Gasteiger partial charge in [-0.25, -0.2) is 4.79 Å². The fraction of sp³-hybridized carbons (Fsp3) is 0.182. The van der Waals surface area contributed by atoms with Gasteiger partial charge in [-0.05, 0) is 30.7 Å². The fourth-order valence-corrected chi connectivity index (χ4v) is 4.99. The van der Waals surface area contributed by atoms with Crippen molar-refractivity contribution in [1.29, 1.82) is 0 Å². The fourth-order valence-electron chi connectivity index (χ4n) is 4.51. The van der Waals surface area contributed by atoms with Crippen molar-refractivity contribution < 1.29 is 24.2 Å². The minimum absolute atomic E-state index is 0.0402. The lowest BCUT2D eigenvalue weighted by Gasteiger charge is -2.16. The lowest BCUT2D eigenvalue weighted by Crippen LogP contribution is -2.29. The largest absolute Gasteiger partial charge is 0.506 e. The molecule has 0 bridgehead atoms. The molecule has 0 radical (unpaired) electrons. The number of aryl methyl sites for hydroxylation is 1. The number of alkyl halides is 1. The molecular weight excluding hydrogens is 457 g/mol. The Labute approximate surface area is 191 Å². The summed E-state index contributed by atoms with van der Waals surface area (Å²) in [5.74, 6) is -1.90. The van der Waals surface area contributed by atoms with Gasteiger partial charge in [0.1, 0.15) is 5.75 Å². The summed E-state index contributed by atoms with van der Waals surface area (Å²) in [7, 11) is 0. The molecule has 0 spiro atoms. The van der Waals surface area contributed by atoms with Crippen LogP contribution < -0.4 is 10.6 Å². The minimum Gasteiger partial charge on any atom is -0.506 e. The molecule has 1 atom stereocenters. The first-order chi connectivity index (χ1) is 15.2. The van der Waals surface area contributed by atoms with Crippen LogP contribution in [-0.4, -0.2) is 39.5 Å². The second-order valence-corrected chi connectivity index (χ2v) is 8.54. The number of phenolic OH excluding ortho intramolecular Hbond substituents is 1. The summed E-state index contributed by atoms with van der Waals surface area (Å²) in [4.78, 5) is 29.7. The van der Waals surface area contributed by atoms with E-state index in [4.69, 9.17) is 33.4 Å². The Balaban J connectivity index is 1.70. The van der Waals surface area contributed by atoms with Gasteiger partial charge in [0.05, 0.1) is 22.5 Å².